The van der Waals surface area contributed by atoms with E-state index >= 15 is 0 Å². The minimum atomic E-state index is -0.785. The number of carbonyl (C=O) groups excluding carboxylic acids is 3. The van der Waals surface area contributed by atoms with Crippen molar-refractivity contribution in [1.29, 1.82) is 0 Å². The molecule has 3 rings (SSSR count). The van der Waals surface area contributed by atoms with Crippen molar-refractivity contribution < 1.29 is 28.6 Å². The first kappa shape index (κ1) is 24.6. The lowest BCUT2D eigenvalue weighted by Crippen LogP contribution is -2.53. The highest BCUT2D eigenvalue weighted by atomic mass is 16.5. The molecule has 1 N–H and O–H groups in total. The molecule has 0 atom stereocenters. The summed E-state index contributed by atoms with van der Waals surface area (Å²) in [5.41, 5.74) is 1.02. The largest absolute Gasteiger partial charge is 0.490 e. The zero-order valence-corrected chi connectivity index (χ0v) is 19.3. The number of urea groups is 1. The number of carbonyl (C=O) groups is 3. The van der Waals surface area contributed by atoms with Crippen LogP contribution in [0.15, 0.2) is 60.7 Å². The highest BCUT2D eigenvalue weighted by Crippen LogP contribution is 2.30. The van der Waals surface area contributed by atoms with Crippen molar-refractivity contribution in [2.75, 3.05) is 19.8 Å². The molecule has 1 aliphatic rings. The number of ether oxygens (including phenoxy) is 3. The maximum atomic E-state index is 13.2. The molecule has 0 saturated carbocycles. The number of para-hydroxylation sites is 1. The third-order valence-corrected chi connectivity index (χ3v) is 4.87. The second-order valence-corrected chi connectivity index (χ2v) is 7.41. The van der Waals surface area contributed by atoms with Crippen molar-refractivity contribution in [2.45, 2.75) is 26.8 Å². The summed E-state index contributed by atoms with van der Waals surface area (Å²) >= 11 is 0. The van der Waals surface area contributed by atoms with Crippen LogP contribution >= 0.6 is 0 Å². The topological polar surface area (TPSA) is 94.2 Å². The normalized spacial score (nSPS) is 14.7. The van der Waals surface area contributed by atoms with E-state index in [1.165, 1.54) is 6.08 Å². The van der Waals surface area contributed by atoms with E-state index in [-0.39, 0.29) is 18.7 Å². The van der Waals surface area contributed by atoms with Crippen molar-refractivity contribution >= 4 is 23.9 Å². The molecule has 0 unspecified atom stereocenters. The van der Waals surface area contributed by atoms with Gasteiger partial charge in [-0.05, 0) is 43.2 Å². The van der Waals surface area contributed by atoms with Crippen molar-refractivity contribution in [3.8, 4) is 17.2 Å². The van der Waals surface area contributed by atoms with Gasteiger partial charge in [-0.3, -0.25) is 19.8 Å². The predicted molar refractivity (Wildman–Crippen MR) is 128 cm³/mol. The lowest BCUT2D eigenvalue weighted by Gasteiger charge is -2.26. The van der Waals surface area contributed by atoms with Crippen LogP contribution in [0.2, 0.25) is 0 Å². The molecule has 0 bridgehead atoms. The second kappa shape index (κ2) is 11.7. The molecular formula is C26H28N2O6. The van der Waals surface area contributed by atoms with Crippen LogP contribution in [-0.2, 0) is 16.1 Å². The lowest BCUT2D eigenvalue weighted by molar-refractivity contribution is -0.130. The number of barbiturate groups is 1. The molecule has 8 heteroatoms. The quantitative estimate of drug-likeness (QED) is 0.306. The SMILES string of the molecule is C=CCOc1ccccc1/C=C1\C(=O)NC(=O)N(Cc2ccc(OCCC)c(OCC)c2)C1=O. The highest BCUT2D eigenvalue weighted by molar-refractivity contribution is 6.31. The van der Waals surface area contributed by atoms with E-state index in [1.54, 1.807) is 48.5 Å². The predicted octanol–water partition coefficient (Wildman–Crippen LogP) is 4.10. The van der Waals surface area contributed by atoms with Crippen molar-refractivity contribution in [3.05, 3.63) is 71.8 Å². The van der Waals surface area contributed by atoms with Gasteiger partial charge in [0, 0.05) is 5.56 Å². The molecule has 178 valence electrons. The Morgan fingerprint density at radius 3 is 2.50 bits per heavy atom. The van der Waals surface area contributed by atoms with Gasteiger partial charge in [-0.1, -0.05) is 43.8 Å². The number of rotatable bonds is 11. The lowest BCUT2D eigenvalue weighted by atomic mass is 10.1. The van der Waals surface area contributed by atoms with Crippen molar-refractivity contribution in [3.63, 3.8) is 0 Å². The number of nitrogens with one attached hydrogen (secondary N) is 1. The average Bonchev–Trinajstić information content (AvgIpc) is 2.83. The number of hydrogen-bond donors (Lipinski definition) is 1. The zero-order chi connectivity index (χ0) is 24.5. The fourth-order valence-electron chi connectivity index (χ4n) is 3.31. The molecule has 8 nitrogen and oxygen atoms in total. The van der Waals surface area contributed by atoms with Gasteiger partial charge in [0.05, 0.1) is 19.8 Å². The summed E-state index contributed by atoms with van der Waals surface area (Å²) in [5.74, 6) is 0.148. The molecule has 0 spiro atoms. The Morgan fingerprint density at radius 2 is 1.76 bits per heavy atom. The minimum absolute atomic E-state index is 0.0436. The molecule has 0 aromatic heterocycles. The van der Waals surface area contributed by atoms with Gasteiger partial charge in [-0.25, -0.2) is 4.79 Å². The summed E-state index contributed by atoms with van der Waals surface area (Å²) in [6.45, 7) is 8.69. The monoisotopic (exact) mass is 464 g/mol. The summed E-state index contributed by atoms with van der Waals surface area (Å²) in [6, 6.07) is 11.4. The standard InChI is InChI=1S/C26H28N2O6/c1-4-13-33-21-10-8-7-9-19(21)16-20-24(29)27-26(31)28(25(20)30)17-18-11-12-22(34-14-5-2)23(15-18)32-6-3/h4,7-12,15-16H,1,5-6,13-14,17H2,2-3H3,(H,27,29,31)/b20-16+. The van der Waals surface area contributed by atoms with Crippen LogP contribution in [-0.4, -0.2) is 42.6 Å². The maximum absolute atomic E-state index is 13.2. The summed E-state index contributed by atoms with van der Waals surface area (Å²) < 4.78 is 17.0. The van der Waals surface area contributed by atoms with Gasteiger partial charge in [0.2, 0.25) is 0 Å². The number of imide groups is 2. The van der Waals surface area contributed by atoms with E-state index in [2.05, 4.69) is 11.9 Å². The summed E-state index contributed by atoms with van der Waals surface area (Å²) in [5, 5.41) is 2.24. The van der Waals surface area contributed by atoms with E-state index in [1.807, 2.05) is 13.8 Å². The molecule has 2 aromatic rings. The van der Waals surface area contributed by atoms with Crippen molar-refractivity contribution in [1.82, 2.24) is 10.2 Å². The first-order chi connectivity index (χ1) is 16.5. The Hall–Kier alpha value is -4.07. The molecule has 1 fully saturated rings. The Bertz CT molecular complexity index is 1110. The van der Waals surface area contributed by atoms with Gasteiger partial charge in [0.15, 0.2) is 11.5 Å². The third-order valence-electron chi connectivity index (χ3n) is 4.87. The molecule has 0 aliphatic carbocycles. The molecule has 34 heavy (non-hydrogen) atoms. The van der Waals surface area contributed by atoms with Crippen LogP contribution < -0.4 is 19.5 Å². The Kier molecular flexibility index (Phi) is 8.45. The summed E-state index contributed by atoms with van der Waals surface area (Å²) in [4.78, 5) is 39.1. The van der Waals surface area contributed by atoms with Gasteiger partial charge in [0.25, 0.3) is 11.8 Å². The Labute approximate surface area is 198 Å². The molecule has 1 aliphatic heterocycles. The molecule has 0 radical (unpaired) electrons. The Morgan fingerprint density at radius 1 is 0.971 bits per heavy atom. The number of amides is 4. The van der Waals surface area contributed by atoms with E-state index in [0.29, 0.717) is 41.6 Å². The van der Waals surface area contributed by atoms with E-state index in [9.17, 15) is 14.4 Å². The Balaban J connectivity index is 1.88. The van der Waals surface area contributed by atoms with Gasteiger partial charge < -0.3 is 14.2 Å². The second-order valence-electron chi connectivity index (χ2n) is 7.41. The van der Waals surface area contributed by atoms with Crippen LogP contribution in [0.4, 0.5) is 4.79 Å². The molecule has 2 aromatic carbocycles. The van der Waals surface area contributed by atoms with Crippen LogP contribution in [0.25, 0.3) is 6.08 Å². The number of benzene rings is 2. The summed E-state index contributed by atoms with van der Waals surface area (Å²) in [7, 11) is 0. The zero-order valence-electron chi connectivity index (χ0n) is 19.3. The van der Waals surface area contributed by atoms with Gasteiger partial charge >= 0.3 is 6.03 Å². The molecule has 1 heterocycles. The van der Waals surface area contributed by atoms with Gasteiger partial charge in [-0.2, -0.15) is 0 Å². The average molecular weight is 465 g/mol. The number of hydrogen-bond acceptors (Lipinski definition) is 6. The molecular weight excluding hydrogens is 436 g/mol. The van der Waals surface area contributed by atoms with E-state index < -0.39 is 17.8 Å². The number of nitrogens with zero attached hydrogens (tertiary/aromatic N) is 1. The molecule has 1 saturated heterocycles. The first-order valence-electron chi connectivity index (χ1n) is 11.1. The smallest absolute Gasteiger partial charge is 0.331 e. The van der Waals surface area contributed by atoms with E-state index in [0.717, 1.165) is 11.3 Å². The third kappa shape index (κ3) is 5.83. The van der Waals surface area contributed by atoms with E-state index in [4.69, 9.17) is 14.2 Å². The van der Waals surface area contributed by atoms with Crippen LogP contribution in [0.1, 0.15) is 31.4 Å². The van der Waals surface area contributed by atoms with Crippen molar-refractivity contribution in [2.24, 2.45) is 0 Å². The summed E-state index contributed by atoms with van der Waals surface area (Å²) in [6.07, 6.45) is 3.86. The minimum Gasteiger partial charge on any atom is -0.490 e. The highest BCUT2D eigenvalue weighted by Gasteiger charge is 2.36. The first-order valence-corrected chi connectivity index (χ1v) is 11.1. The van der Waals surface area contributed by atoms with Gasteiger partial charge in [-0.15, -0.1) is 0 Å². The maximum Gasteiger partial charge on any atom is 0.331 e. The van der Waals surface area contributed by atoms with Crippen LogP contribution in [0, 0.1) is 0 Å². The molecule has 4 amide bonds. The van der Waals surface area contributed by atoms with Crippen LogP contribution in [0.5, 0.6) is 17.2 Å². The van der Waals surface area contributed by atoms with Crippen LogP contribution in [0.3, 0.4) is 0 Å². The fraction of sp³-hybridized carbons (Fsp3) is 0.269. The van der Waals surface area contributed by atoms with Gasteiger partial charge in [0.1, 0.15) is 17.9 Å². The fourth-order valence-corrected chi connectivity index (χ4v) is 3.31.